The summed E-state index contributed by atoms with van der Waals surface area (Å²) in [6.07, 6.45) is 0.999. The minimum absolute atomic E-state index is 0.0228. The van der Waals surface area contributed by atoms with Gasteiger partial charge in [-0.2, -0.15) is 4.31 Å². The van der Waals surface area contributed by atoms with Crippen LogP contribution in [0.15, 0.2) is 58.3 Å². The van der Waals surface area contributed by atoms with Gasteiger partial charge in [-0.1, -0.05) is 13.8 Å². The van der Waals surface area contributed by atoms with E-state index < -0.39 is 20.0 Å². The van der Waals surface area contributed by atoms with E-state index in [-0.39, 0.29) is 21.4 Å². The lowest BCUT2D eigenvalue weighted by Gasteiger charge is -2.34. The van der Waals surface area contributed by atoms with Crippen LogP contribution in [0.2, 0.25) is 0 Å². The minimum atomic E-state index is -3.86. The second-order valence-corrected chi connectivity index (χ2v) is 11.7. The molecule has 168 valence electrons. The number of hydrogen-bond donors (Lipinski definition) is 2. The first kappa shape index (κ1) is 23.2. The van der Waals surface area contributed by atoms with Gasteiger partial charge < -0.3 is 5.32 Å². The Bertz CT molecular complexity index is 1130. The lowest BCUT2D eigenvalue weighted by Crippen LogP contribution is -2.42. The predicted molar refractivity (Wildman–Crippen MR) is 120 cm³/mol. The number of rotatable bonds is 6. The van der Waals surface area contributed by atoms with E-state index in [2.05, 4.69) is 10.0 Å². The van der Waals surface area contributed by atoms with Crippen molar-refractivity contribution in [2.24, 2.45) is 11.8 Å². The van der Waals surface area contributed by atoms with Crippen LogP contribution < -0.4 is 10.0 Å². The van der Waals surface area contributed by atoms with Crippen LogP contribution in [0.25, 0.3) is 0 Å². The van der Waals surface area contributed by atoms with E-state index in [9.17, 15) is 21.6 Å². The minimum Gasteiger partial charge on any atom is -0.326 e. The van der Waals surface area contributed by atoms with Gasteiger partial charge in [0.2, 0.25) is 15.9 Å². The molecular formula is C21H27N3O5S2. The number of sulfonamides is 2. The van der Waals surface area contributed by atoms with Crippen molar-refractivity contribution in [3.05, 3.63) is 48.5 Å². The number of hydrogen-bond acceptors (Lipinski definition) is 5. The lowest BCUT2D eigenvalue weighted by molar-refractivity contribution is -0.114. The van der Waals surface area contributed by atoms with Gasteiger partial charge in [0.25, 0.3) is 10.0 Å². The zero-order valence-electron chi connectivity index (χ0n) is 17.7. The molecule has 0 aromatic heterocycles. The van der Waals surface area contributed by atoms with Gasteiger partial charge in [-0.25, -0.2) is 16.8 Å². The van der Waals surface area contributed by atoms with Crippen LogP contribution in [0.1, 0.15) is 27.2 Å². The van der Waals surface area contributed by atoms with E-state index in [4.69, 9.17) is 0 Å². The third kappa shape index (κ3) is 5.63. The molecule has 1 aliphatic rings. The maximum absolute atomic E-state index is 13.0. The van der Waals surface area contributed by atoms with Gasteiger partial charge in [-0.3, -0.25) is 9.52 Å². The quantitative estimate of drug-likeness (QED) is 0.681. The SMILES string of the molecule is CC(=O)Nc1ccc(S(=O)(=O)Nc2ccc(S(=O)(=O)N3C[C@@H](C)C[C@H](C)C3)cc2)cc1. The van der Waals surface area contributed by atoms with E-state index >= 15 is 0 Å². The van der Waals surface area contributed by atoms with Gasteiger partial charge in [-0.05, 0) is 66.8 Å². The Morgan fingerprint density at radius 2 is 1.32 bits per heavy atom. The number of nitrogens with zero attached hydrogens (tertiary/aromatic N) is 1. The monoisotopic (exact) mass is 465 g/mol. The molecule has 2 aromatic carbocycles. The van der Waals surface area contributed by atoms with Gasteiger partial charge in [0.1, 0.15) is 0 Å². The molecule has 0 radical (unpaired) electrons. The summed E-state index contributed by atoms with van der Waals surface area (Å²) < 4.78 is 55.1. The largest absolute Gasteiger partial charge is 0.326 e. The fourth-order valence-electron chi connectivity index (χ4n) is 3.78. The first-order valence-corrected chi connectivity index (χ1v) is 12.9. The van der Waals surface area contributed by atoms with Crippen LogP contribution >= 0.6 is 0 Å². The smallest absolute Gasteiger partial charge is 0.261 e. The number of piperidine rings is 1. The van der Waals surface area contributed by atoms with Crippen LogP contribution in [0, 0.1) is 11.8 Å². The van der Waals surface area contributed by atoms with E-state index in [0.29, 0.717) is 30.6 Å². The van der Waals surface area contributed by atoms with Crippen molar-refractivity contribution in [1.82, 2.24) is 4.31 Å². The highest BCUT2D eigenvalue weighted by Gasteiger charge is 2.31. The molecule has 2 aromatic rings. The molecule has 10 heteroatoms. The number of carbonyl (C=O) groups is 1. The Hall–Kier alpha value is -2.43. The van der Waals surface area contributed by atoms with E-state index in [1.807, 2.05) is 13.8 Å². The molecule has 0 bridgehead atoms. The standard InChI is InChI=1S/C21H27N3O5S2/c1-15-12-16(2)14-24(13-15)31(28,29)21-10-6-19(7-11-21)23-30(26,27)20-8-4-18(5-9-20)22-17(3)25/h4-11,15-16,23H,12-14H2,1-3H3,(H,22,25)/t15-,16-/m0/s1. The van der Waals surface area contributed by atoms with Gasteiger partial charge in [0, 0.05) is 31.4 Å². The van der Waals surface area contributed by atoms with E-state index in [1.54, 1.807) is 0 Å². The molecule has 0 saturated carbocycles. The molecular weight excluding hydrogens is 438 g/mol. The van der Waals surface area contributed by atoms with Crippen molar-refractivity contribution in [2.75, 3.05) is 23.1 Å². The number of carbonyl (C=O) groups excluding carboxylic acids is 1. The third-order valence-corrected chi connectivity index (χ3v) is 8.31. The second kappa shape index (κ2) is 8.97. The molecule has 1 amide bonds. The molecule has 8 nitrogen and oxygen atoms in total. The van der Waals surface area contributed by atoms with Crippen LogP contribution in [0.5, 0.6) is 0 Å². The summed E-state index contributed by atoms with van der Waals surface area (Å²) in [5, 5.41) is 2.57. The molecule has 0 aliphatic carbocycles. The molecule has 1 saturated heterocycles. The summed E-state index contributed by atoms with van der Waals surface area (Å²) in [6, 6.07) is 11.4. The Balaban J connectivity index is 1.74. The molecule has 0 spiro atoms. The van der Waals surface area contributed by atoms with Crippen LogP contribution in [0.3, 0.4) is 0 Å². The molecule has 2 atom stereocenters. The van der Waals surface area contributed by atoms with Crippen LogP contribution in [-0.4, -0.2) is 40.1 Å². The zero-order chi connectivity index (χ0) is 22.8. The Morgan fingerprint density at radius 3 is 1.84 bits per heavy atom. The first-order chi connectivity index (χ1) is 14.5. The predicted octanol–water partition coefficient (Wildman–Crippen LogP) is 3.11. The lowest BCUT2D eigenvalue weighted by atomic mass is 9.94. The van der Waals surface area contributed by atoms with E-state index in [1.165, 1.54) is 59.8 Å². The van der Waals surface area contributed by atoms with Gasteiger partial charge >= 0.3 is 0 Å². The summed E-state index contributed by atoms with van der Waals surface area (Å²) in [7, 11) is -7.50. The summed E-state index contributed by atoms with van der Waals surface area (Å²) in [6.45, 7) is 6.41. The molecule has 1 heterocycles. The third-order valence-electron chi connectivity index (χ3n) is 5.06. The maximum Gasteiger partial charge on any atom is 0.261 e. The highest BCUT2D eigenvalue weighted by atomic mass is 32.2. The van der Waals surface area contributed by atoms with Crippen molar-refractivity contribution in [2.45, 2.75) is 37.0 Å². The molecule has 3 rings (SSSR count). The van der Waals surface area contributed by atoms with Crippen molar-refractivity contribution in [1.29, 1.82) is 0 Å². The number of anilines is 2. The Morgan fingerprint density at radius 1 is 0.839 bits per heavy atom. The first-order valence-electron chi connectivity index (χ1n) is 9.98. The van der Waals surface area contributed by atoms with Crippen LogP contribution in [-0.2, 0) is 24.8 Å². The highest BCUT2D eigenvalue weighted by molar-refractivity contribution is 7.92. The van der Waals surface area contributed by atoms with Gasteiger partial charge in [-0.15, -0.1) is 0 Å². The summed E-state index contributed by atoms with van der Waals surface area (Å²) in [5.41, 5.74) is 0.743. The van der Waals surface area contributed by atoms with Gasteiger partial charge in [0.15, 0.2) is 0 Å². The number of amides is 1. The Labute approximate surface area is 183 Å². The van der Waals surface area contributed by atoms with Gasteiger partial charge in [0.05, 0.1) is 9.79 Å². The normalized spacial score (nSPS) is 20.2. The van der Waals surface area contributed by atoms with Crippen molar-refractivity contribution in [3.8, 4) is 0 Å². The average Bonchev–Trinajstić information content (AvgIpc) is 2.67. The molecule has 0 unspecified atom stereocenters. The molecule has 31 heavy (non-hydrogen) atoms. The number of benzene rings is 2. The van der Waals surface area contributed by atoms with Crippen molar-refractivity contribution < 1.29 is 21.6 Å². The molecule has 1 fully saturated rings. The van der Waals surface area contributed by atoms with Crippen LogP contribution in [0.4, 0.5) is 11.4 Å². The average molecular weight is 466 g/mol. The molecule has 1 aliphatic heterocycles. The second-order valence-electron chi connectivity index (χ2n) is 8.10. The van der Waals surface area contributed by atoms with Crippen molar-refractivity contribution >= 4 is 37.3 Å². The number of nitrogens with one attached hydrogen (secondary N) is 2. The summed E-state index contributed by atoms with van der Waals surface area (Å²) in [4.78, 5) is 11.2. The summed E-state index contributed by atoms with van der Waals surface area (Å²) in [5.74, 6) is 0.334. The van der Waals surface area contributed by atoms with E-state index in [0.717, 1.165) is 6.42 Å². The highest BCUT2D eigenvalue weighted by Crippen LogP contribution is 2.27. The molecule has 2 N–H and O–H groups in total. The summed E-state index contributed by atoms with van der Waals surface area (Å²) >= 11 is 0. The fraction of sp³-hybridized carbons (Fsp3) is 0.381. The van der Waals surface area contributed by atoms with Crippen molar-refractivity contribution in [3.63, 3.8) is 0 Å². The zero-order valence-corrected chi connectivity index (χ0v) is 19.3. The Kier molecular flexibility index (Phi) is 6.73. The maximum atomic E-state index is 13.0. The fourth-order valence-corrected chi connectivity index (χ4v) is 6.52. The topological polar surface area (TPSA) is 113 Å².